The van der Waals surface area contributed by atoms with E-state index >= 15 is 0 Å². The van der Waals surface area contributed by atoms with Crippen LogP contribution in [0.4, 0.5) is 5.69 Å². The molecular weight excluding hydrogens is 488 g/mol. The summed E-state index contributed by atoms with van der Waals surface area (Å²) in [5.41, 5.74) is 3.07. The molecule has 1 aromatic carbocycles. The Kier molecular flexibility index (Phi) is 5.73. The van der Waals surface area contributed by atoms with Gasteiger partial charge in [-0.25, -0.2) is 13.4 Å². The number of fused-ring (bicyclic) bond motifs is 1. The maximum atomic E-state index is 13.2. The molecule has 178 valence electrons. The monoisotopic (exact) mass is 514 g/mol. The van der Waals surface area contributed by atoms with Crippen LogP contribution in [0.5, 0.6) is 0 Å². The van der Waals surface area contributed by atoms with Gasteiger partial charge in [-0.05, 0) is 60.7 Å². The summed E-state index contributed by atoms with van der Waals surface area (Å²) < 4.78 is 29.7. The van der Waals surface area contributed by atoms with Crippen molar-refractivity contribution in [3.63, 3.8) is 0 Å². The van der Waals surface area contributed by atoms with Crippen LogP contribution in [0.25, 0.3) is 21.6 Å². The molecule has 10 heteroatoms. The van der Waals surface area contributed by atoms with Crippen molar-refractivity contribution in [1.29, 1.82) is 0 Å². The highest BCUT2D eigenvalue weighted by Crippen LogP contribution is 2.37. The van der Waals surface area contributed by atoms with Gasteiger partial charge in [0, 0.05) is 36.1 Å². The number of likely N-dealkylation sites (tertiary alicyclic amines) is 1. The first-order chi connectivity index (χ1) is 16.4. The van der Waals surface area contributed by atoms with Gasteiger partial charge in [0.05, 0.1) is 23.0 Å². The molecule has 0 bridgehead atoms. The molecule has 1 atom stereocenters. The lowest BCUT2D eigenvalue weighted by Crippen LogP contribution is -2.20. The minimum atomic E-state index is -3.67. The molecule has 1 saturated carbocycles. The average molecular weight is 515 g/mol. The zero-order valence-electron chi connectivity index (χ0n) is 18.5. The summed E-state index contributed by atoms with van der Waals surface area (Å²) >= 11 is 2.90. The van der Waals surface area contributed by atoms with Crippen LogP contribution in [0.1, 0.15) is 29.7 Å². The minimum absolute atomic E-state index is 0.234. The maximum absolute atomic E-state index is 13.2. The number of aromatic amines is 1. The highest BCUT2D eigenvalue weighted by molar-refractivity contribution is 7.94. The summed E-state index contributed by atoms with van der Waals surface area (Å²) in [5, 5.41) is 13.4. The van der Waals surface area contributed by atoms with Crippen LogP contribution in [-0.2, 0) is 23.0 Å². The summed E-state index contributed by atoms with van der Waals surface area (Å²) in [7, 11) is -3.67. The predicted octanol–water partition coefficient (Wildman–Crippen LogP) is 4.67. The van der Waals surface area contributed by atoms with Gasteiger partial charge in [-0.2, -0.15) is 0 Å². The molecule has 4 aromatic rings. The van der Waals surface area contributed by atoms with Crippen molar-refractivity contribution in [3.8, 4) is 10.7 Å². The third kappa shape index (κ3) is 4.52. The van der Waals surface area contributed by atoms with Crippen molar-refractivity contribution < 1.29 is 13.5 Å². The zero-order chi connectivity index (χ0) is 23.3. The highest BCUT2D eigenvalue weighted by Gasteiger charge is 2.27. The number of benzene rings is 1. The highest BCUT2D eigenvalue weighted by atomic mass is 32.2. The largest absolute Gasteiger partial charge is 0.392 e. The summed E-state index contributed by atoms with van der Waals surface area (Å²) in [6.45, 7) is 2.39. The number of β-amino-alcohol motifs (C(OH)–C–C–N with tert-alkyl or cyclic N) is 1. The zero-order valence-corrected chi connectivity index (χ0v) is 21.0. The molecule has 1 aliphatic carbocycles. The predicted molar refractivity (Wildman–Crippen MR) is 137 cm³/mol. The van der Waals surface area contributed by atoms with Crippen LogP contribution >= 0.6 is 22.7 Å². The molecule has 2 aliphatic rings. The maximum Gasteiger partial charge on any atom is 0.271 e. The number of hydrogen-bond acceptors (Lipinski definition) is 7. The molecule has 0 spiro atoms. The van der Waals surface area contributed by atoms with Gasteiger partial charge in [0.25, 0.3) is 10.0 Å². The molecule has 3 N–H and O–H groups in total. The molecule has 6 rings (SSSR count). The fraction of sp³-hybridized carbons (Fsp3) is 0.375. The van der Waals surface area contributed by atoms with E-state index in [1.807, 2.05) is 35.8 Å². The number of nitrogens with one attached hydrogen (secondary N) is 2. The quantitative estimate of drug-likeness (QED) is 0.317. The number of aliphatic hydroxyl groups is 1. The number of rotatable bonds is 8. The number of nitrogens with zero attached hydrogens (tertiary/aromatic N) is 2. The fourth-order valence-electron chi connectivity index (χ4n) is 4.57. The second kappa shape index (κ2) is 8.76. The number of thiophene rings is 1. The van der Waals surface area contributed by atoms with E-state index in [2.05, 4.69) is 19.6 Å². The van der Waals surface area contributed by atoms with Gasteiger partial charge in [0.15, 0.2) is 0 Å². The number of aliphatic hydroxyl groups excluding tert-OH is 1. The van der Waals surface area contributed by atoms with E-state index in [0.29, 0.717) is 22.4 Å². The van der Waals surface area contributed by atoms with Crippen LogP contribution in [0.15, 0.2) is 46.1 Å². The molecule has 1 saturated heterocycles. The molecule has 1 aliphatic heterocycles. The summed E-state index contributed by atoms with van der Waals surface area (Å²) in [6.07, 6.45) is 5.68. The Morgan fingerprint density at radius 2 is 2.12 bits per heavy atom. The van der Waals surface area contributed by atoms with Crippen molar-refractivity contribution in [2.75, 3.05) is 17.8 Å². The molecule has 4 heterocycles. The van der Waals surface area contributed by atoms with Crippen molar-refractivity contribution in [2.45, 2.75) is 42.5 Å². The number of anilines is 1. The van der Waals surface area contributed by atoms with Gasteiger partial charge in [-0.15, -0.1) is 22.7 Å². The van der Waals surface area contributed by atoms with Gasteiger partial charge >= 0.3 is 0 Å². The van der Waals surface area contributed by atoms with Gasteiger partial charge in [-0.1, -0.05) is 12.1 Å². The molecule has 2 fully saturated rings. The molecule has 3 aromatic heterocycles. The van der Waals surface area contributed by atoms with Gasteiger partial charge in [0.2, 0.25) is 0 Å². The normalized spacial score (nSPS) is 19.3. The number of sulfonamides is 1. The lowest BCUT2D eigenvalue weighted by Gasteiger charge is -2.12. The summed E-state index contributed by atoms with van der Waals surface area (Å²) in [5.74, 6) is 0.622. The number of para-hydroxylation sites is 1. The SMILES string of the molecule is O=S(=O)(Nc1cccc2cc(-c3ncc(CN4CCC(O)C4)s3)[nH]c12)c1sccc1CC1CC1. The topological polar surface area (TPSA) is 98.3 Å². The van der Waals surface area contributed by atoms with Gasteiger partial charge < -0.3 is 10.1 Å². The van der Waals surface area contributed by atoms with E-state index in [0.717, 1.165) is 58.0 Å². The molecule has 0 amide bonds. The summed E-state index contributed by atoms with van der Waals surface area (Å²) in [6, 6.07) is 9.58. The first kappa shape index (κ1) is 22.2. The molecule has 1 unspecified atom stereocenters. The Hall–Kier alpha value is -2.24. The van der Waals surface area contributed by atoms with Crippen LogP contribution in [0.2, 0.25) is 0 Å². The Labute approximate surface area is 206 Å². The van der Waals surface area contributed by atoms with E-state index in [1.54, 1.807) is 17.4 Å². The minimum Gasteiger partial charge on any atom is -0.392 e. The van der Waals surface area contributed by atoms with Crippen LogP contribution in [0.3, 0.4) is 0 Å². The second-order valence-electron chi connectivity index (χ2n) is 9.25. The third-order valence-electron chi connectivity index (χ3n) is 6.47. The standard InChI is InChI=1S/C24H26N4O3S3/c29-18-6-8-28(13-18)14-19-12-25-23(33-19)21-11-16-2-1-3-20(22(16)26-21)27-34(30,31)24-17(7-9-32-24)10-15-4-5-15/h1-3,7,9,11-12,15,18,26-27,29H,4-6,8,10,13-14H2. The van der Waals surface area contributed by atoms with Crippen LogP contribution in [-0.4, -0.2) is 47.6 Å². The third-order valence-corrected chi connectivity index (χ3v) is 10.4. The van der Waals surface area contributed by atoms with Crippen molar-refractivity contribution in [3.05, 3.63) is 52.3 Å². The van der Waals surface area contributed by atoms with Gasteiger partial charge in [-0.3, -0.25) is 9.62 Å². The Morgan fingerprint density at radius 1 is 1.24 bits per heavy atom. The lowest BCUT2D eigenvalue weighted by atomic mass is 10.2. The second-order valence-corrected chi connectivity index (χ2v) is 13.2. The number of aromatic nitrogens is 2. The van der Waals surface area contributed by atoms with Gasteiger partial charge in [0.1, 0.15) is 9.22 Å². The van der Waals surface area contributed by atoms with E-state index in [9.17, 15) is 13.5 Å². The van der Waals surface area contributed by atoms with E-state index in [-0.39, 0.29) is 6.10 Å². The van der Waals surface area contributed by atoms with E-state index in [4.69, 9.17) is 0 Å². The Bertz CT molecular complexity index is 1430. The fourth-order valence-corrected chi connectivity index (χ4v) is 8.00. The Morgan fingerprint density at radius 3 is 2.91 bits per heavy atom. The molecule has 7 nitrogen and oxygen atoms in total. The number of thiazole rings is 1. The first-order valence-corrected chi connectivity index (χ1v) is 14.7. The summed E-state index contributed by atoms with van der Waals surface area (Å²) in [4.78, 5) is 11.4. The van der Waals surface area contributed by atoms with Crippen molar-refractivity contribution in [1.82, 2.24) is 14.9 Å². The number of hydrogen-bond donors (Lipinski definition) is 3. The van der Waals surface area contributed by atoms with Crippen molar-refractivity contribution in [2.24, 2.45) is 5.92 Å². The van der Waals surface area contributed by atoms with Crippen LogP contribution < -0.4 is 4.72 Å². The molecule has 34 heavy (non-hydrogen) atoms. The smallest absolute Gasteiger partial charge is 0.271 e. The van der Waals surface area contributed by atoms with E-state index in [1.165, 1.54) is 24.2 Å². The molecule has 0 radical (unpaired) electrons. The van der Waals surface area contributed by atoms with Crippen LogP contribution in [0, 0.1) is 5.92 Å². The number of H-pyrrole nitrogens is 1. The van der Waals surface area contributed by atoms with E-state index < -0.39 is 10.0 Å². The molecular formula is C24H26N4O3S3. The lowest BCUT2D eigenvalue weighted by molar-refractivity contribution is 0.175. The first-order valence-electron chi connectivity index (χ1n) is 11.5. The average Bonchev–Trinajstić information content (AvgIpc) is 3.23. The van der Waals surface area contributed by atoms with Crippen molar-refractivity contribution >= 4 is 49.3 Å². The Balaban J connectivity index is 1.25.